The van der Waals surface area contributed by atoms with Crippen molar-refractivity contribution in [2.24, 2.45) is 0 Å². The largest absolute Gasteiger partial charge is 0.352 e. The SMILES string of the molecule is O=C(CN1CCN(c2nc3ccc([N+](=O)[O-])cc3s2)CC1)NC1CCCCC1. The van der Waals surface area contributed by atoms with Gasteiger partial charge in [-0.1, -0.05) is 30.6 Å². The number of nitrogens with zero attached hydrogens (tertiary/aromatic N) is 4. The minimum Gasteiger partial charge on any atom is -0.352 e. The van der Waals surface area contributed by atoms with E-state index in [0.29, 0.717) is 12.6 Å². The minimum atomic E-state index is -0.379. The Morgan fingerprint density at radius 2 is 1.96 bits per heavy atom. The number of benzene rings is 1. The Balaban J connectivity index is 1.30. The number of thiazole rings is 1. The molecule has 8 nitrogen and oxygen atoms in total. The molecule has 150 valence electrons. The molecule has 1 aromatic carbocycles. The van der Waals surface area contributed by atoms with E-state index < -0.39 is 0 Å². The van der Waals surface area contributed by atoms with Gasteiger partial charge in [-0.2, -0.15) is 0 Å². The van der Waals surface area contributed by atoms with Gasteiger partial charge in [0.2, 0.25) is 5.91 Å². The number of nitro groups is 1. The van der Waals surface area contributed by atoms with Gasteiger partial charge in [-0.3, -0.25) is 19.8 Å². The van der Waals surface area contributed by atoms with Gasteiger partial charge in [-0.25, -0.2) is 4.98 Å². The Kier molecular flexibility index (Phi) is 5.72. The van der Waals surface area contributed by atoms with E-state index >= 15 is 0 Å². The van der Waals surface area contributed by atoms with Crippen LogP contribution in [-0.2, 0) is 4.79 Å². The molecule has 9 heteroatoms. The van der Waals surface area contributed by atoms with Crippen LogP contribution in [0, 0.1) is 10.1 Å². The third kappa shape index (κ3) is 4.41. The van der Waals surface area contributed by atoms with Crippen molar-refractivity contribution in [2.75, 3.05) is 37.6 Å². The lowest BCUT2D eigenvalue weighted by molar-refractivity contribution is -0.384. The second kappa shape index (κ2) is 8.40. The van der Waals surface area contributed by atoms with Gasteiger partial charge in [0.05, 0.1) is 21.7 Å². The molecule has 1 aliphatic carbocycles. The van der Waals surface area contributed by atoms with Crippen molar-refractivity contribution in [2.45, 2.75) is 38.1 Å². The number of piperazine rings is 1. The zero-order valence-corrected chi connectivity index (χ0v) is 16.6. The quantitative estimate of drug-likeness (QED) is 0.610. The second-order valence-electron chi connectivity index (χ2n) is 7.57. The van der Waals surface area contributed by atoms with Crippen LogP contribution in [-0.4, -0.2) is 59.5 Å². The molecule has 4 rings (SSSR count). The number of aromatic nitrogens is 1. The summed E-state index contributed by atoms with van der Waals surface area (Å²) in [6.45, 7) is 3.69. The Morgan fingerprint density at radius 3 is 2.68 bits per heavy atom. The summed E-state index contributed by atoms with van der Waals surface area (Å²) in [6, 6.07) is 5.14. The number of carbonyl (C=O) groups excluding carboxylic acids is 1. The Labute approximate surface area is 167 Å². The van der Waals surface area contributed by atoms with Gasteiger partial charge in [0, 0.05) is 44.4 Å². The second-order valence-corrected chi connectivity index (χ2v) is 8.58. The molecule has 1 aromatic heterocycles. The molecular formula is C19H25N5O3S. The lowest BCUT2D eigenvalue weighted by Crippen LogP contribution is -2.50. The number of rotatable bonds is 5. The summed E-state index contributed by atoms with van der Waals surface area (Å²) in [5.74, 6) is 0.132. The van der Waals surface area contributed by atoms with E-state index in [9.17, 15) is 14.9 Å². The zero-order valence-electron chi connectivity index (χ0n) is 15.8. The molecule has 1 amide bonds. The summed E-state index contributed by atoms with van der Waals surface area (Å²) in [5, 5.41) is 15.0. The summed E-state index contributed by atoms with van der Waals surface area (Å²) in [5.41, 5.74) is 0.886. The molecule has 2 aliphatic rings. The Bertz CT molecular complexity index is 856. The summed E-state index contributed by atoms with van der Waals surface area (Å²) in [4.78, 5) is 31.9. The average molecular weight is 404 g/mol. The van der Waals surface area contributed by atoms with E-state index in [2.05, 4.69) is 20.1 Å². The molecule has 2 aromatic rings. The van der Waals surface area contributed by atoms with E-state index in [-0.39, 0.29) is 16.5 Å². The van der Waals surface area contributed by atoms with Crippen LogP contribution in [0.15, 0.2) is 18.2 Å². The van der Waals surface area contributed by atoms with Crippen molar-refractivity contribution in [3.05, 3.63) is 28.3 Å². The van der Waals surface area contributed by atoms with E-state index in [1.807, 2.05) is 0 Å². The van der Waals surface area contributed by atoms with Crippen LogP contribution in [0.5, 0.6) is 0 Å². The molecule has 0 atom stereocenters. The van der Waals surface area contributed by atoms with Crippen LogP contribution in [0.25, 0.3) is 10.2 Å². The van der Waals surface area contributed by atoms with Crippen LogP contribution in [0.2, 0.25) is 0 Å². The normalized spacial score (nSPS) is 19.1. The first-order chi connectivity index (χ1) is 13.6. The lowest BCUT2D eigenvalue weighted by atomic mass is 9.95. The molecule has 0 spiro atoms. The number of anilines is 1. The predicted molar refractivity (Wildman–Crippen MR) is 110 cm³/mol. The topological polar surface area (TPSA) is 91.6 Å². The fraction of sp³-hybridized carbons (Fsp3) is 0.579. The fourth-order valence-electron chi connectivity index (χ4n) is 3.97. The van der Waals surface area contributed by atoms with E-state index in [1.165, 1.54) is 36.7 Å². The highest BCUT2D eigenvalue weighted by Gasteiger charge is 2.23. The molecule has 2 heterocycles. The fourth-order valence-corrected chi connectivity index (χ4v) is 5.02. The summed E-state index contributed by atoms with van der Waals surface area (Å²) >= 11 is 1.49. The average Bonchev–Trinajstić information content (AvgIpc) is 3.12. The van der Waals surface area contributed by atoms with Gasteiger partial charge >= 0.3 is 0 Å². The Hall–Kier alpha value is -2.26. The van der Waals surface area contributed by atoms with Gasteiger partial charge < -0.3 is 10.2 Å². The highest BCUT2D eigenvalue weighted by atomic mass is 32.1. The number of nitrogens with one attached hydrogen (secondary N) is 1. The number of amides is 1. The van der Waals surface area contributed by atoms with Crippen LogP contribution in [0.1, 0.15) is 32.1 Å². The van der Waals surface area contributed by atoms with Crippen LogP contribution >= 0.6 is 11.3 Å². The van der Waals surface area contributed by atoms with Crippen molar-refractivity contribution >= 4 is 38.3 Å². The molecule has 1 aliphatic heterocycles. The minimum absolute atomic E-state index is 0.0940. The molecule has 1 saturated heterocycles. The van der Waals surface area contributed by atoms with Crippen molar-refractivity contribution in [1.82, 2.24) is 15.2 Å². The van der Waals surface area contributed by atoms with Crippen LogP contribution < -0.4 is 10.2 Å². The predicted octanol–water partition coefficient (Wildman–Crippen LogP) is 2.78. The molecule has 1 N–H and O–H groups in total. The molecule has 28 heavy (non-hydrogen) atoms. The van der Waals surface area contributed by atoms with Crippen molar-refractivity contribution in [3.63, 3.8) is 0 Å². The summed E-state index contributed by atoms with van der Waals surface area (Å²) in [7, 11) is 0. The summed E-state index contributed by atoms with van der Waals surface area (Å²) in [6.07, 6.45) is 5.93. The van der Waals surface area contributed by atoms with Gasteiger partial charge in [0.25, 0.3) is 5.69 Å². The molecule has 0 radical (unpaired) electrons. The molecule has 1 saturated carbocycles. The van der Waals surface area contributed by atoms with Gasteiger partial charge in [-0.05, 0) is 18.9 Å². The standard InChI is InChI=1S/C19H25N5O3S/c25-18(20-14-4-2-1-3-5-14)13-22-8-10-23(11-9-22)19-21-16-7-6-15(24(26)27)12-17(16)28-19/h6-7,12,14H,1-5,8-11,13H2,(H,20,25). The maximum absolute atomic E-state index is 12.3. The van der Waals surface area contributed by atoms with Crippen LogP contribution in [0.4, 0.5) is 10.8 Å². The first-order valence-corrected chi connectivity index (χ1v) is 10.7. The van der Waals surface area contributed by atoms with Gasteiger partial charge in [0.15, 0.2) is 5.13 Å². The third-order valence-corrected chi connectivity index (χ3v) is 6.63. The monoisotopic (exact) mass is 403 g/mol. The van der Waals surface area contributed by atoms with Crippen molar-refractivity contribution < 1.29 is 9.72 Å². The van der Waals surface area contributed by atoms with E-state index in [1.54, 1.807) is 12.1 Å². The molecule has 0 unspecified atom stereocenters. The van der Waals surface area contributed by atoms with Gasteiger partial charge in [0.1, 0.15) is 0 Å². The number of hydrogen-bond donors (Lipinski definition) is 1. The van der Waals surface area contributed by atoms with Crippen molar-refractivity contribution in [1.29, 1.82) is 0 Å². The third-order valence-electron chi connectivity index (χ3n) is 5.55. The first-order valence-electron chi connectivity index (χ1n) is 9.90. The maximum Gasteiger partial charge on any atom is 0.270 e. The van der Waals surface area contributed by atoms with E-state index in [4.69, 9.17) is 0 Å². The number of nitro benzene ring substituents is 1. The van der Waals surface area contributed by atoms with Crippen LogP contribution in [0.3, 0.4) is 0 Å². The van der Waals surface area contributed by atoms with Crippen molar-refractivity contribution in [3.8, 4) is 0 Å². The van der Waals surface area contributed by atoms with Gasteiger partial charge in [-0.15, -0.1) is 0 Å². The lowest BCUT2D eigenvalue weighted by Gasteiger charge is -2.34. The number of non-ortho nitro benzene ring substituents is 1. The molecular weight excluding hydrogens is 378 g/mol. The highest BCUT2D eigenvalue weighted by Crippen LogP contribution is 2.31. The number of hydrogen-bond acceptors (Lipinski definition) is 7. The molecule has 2 fully saturated rings. The molecule has 0 bridgehead atoms. The maximum atomic E-state index is 12.3. The zero-order chi connectivity index (χ0) is 19.5. The Morgan fingerprint density at radius 1 is 1.21 bits per heavy atom. The van der Waals surface area contributed by atoms with E-state index in [0.717, 1.165) is 54.4 Å². The highest BCUT2D eigenvalue weighted by molar-refractivity contribution is 7.22. The summed E-state index contributed by atoms with van der Waals surface area (Å²) < 4.78 is 0.832. The smallest absolute Gasteiger partial charge is 0.270 e. The number of fused-ring (bicyclic) bond motifs is 1. The number of carbonyl (C=O) groups is 1. The first kappa shape index (κ1) is 19.1.